The van der Waals surface area contributed by atoms with Gasteiger partial charge < -0.3 is 10.4 Å². The number of rotatable bonds is 4. The number of hydrogen-bond donors (Lipinski definition) is 2. The second kappa shape index (κ2) is 5.95. The van der Waals surface area contributed by atoms with E-state index in [0.29, 0.717) is 6.54 Å². The Bertz CT molecular complexity index is 570. The first kappa shape index (κ1) is 13.0. The molecule has 0 atom stereocenters. The van der Waals surface area contributed by atoms with E-state index in [4.69, 9.17) is 0 Å². The zero-order valence-corrected chi connectivity index (χ0v) is 10.2. The molecular weight excluding hydrogens is 247 g/mol. The van der Waals surface area contributed by atoms with E-state index in [0.717, 1.165) is 5.56 Å². The lowest BCUT2D eigenvalue weighted by molar-refractivity contribution is -0.684. The SMILES string of the molecule is O=C(C[n+]1cccc(O)c1)NCc1ccc(F)cc1. The molecule has 4 nitrogen and oxygen atoms in total. The van der Waals surface area contributed by atoms with Crippen molar-refractivity contribution in [1.82, 2.24) is 5.32 Å². The molecule has 0 saturated heterocycles. The van der Waals surface area contributed by atoms with Crippen LogP contribution in [0.2, 0.25) is 0 Å². The lowest BCUT2D eigenvalue weighted by Crippen LogP contribution is -2.42. The van der Waals surface area contributed by atoms with Crippen molar-refractivity contribution in [1.29, 1.82) is 0 Å². The van der Waals surface area contributed by atoms with Crippen molar-refractivity contribution in [2.45, 2.75) is 13.1 Å². The smallest absolute Gasteiger partial charge is 0.286 e. The fourth-order valence-electron chi connectivity index (χ4n) is 1.63. The van der Waals surface area contributed by atoms with Crippen LogP contribution in [0.3, 0.4) is 0 Å². The molecule has 19 heavy (non-hydrogen) atoms. The van der Waals surface area contributed by atoms with E-state index in [9.17, 15) is 14.3 Å². The number of amides is 1. The summed E-state index contributed by atoms with van der Waals surface area (Å²) in [5.41, 5.74) is 0.829. The monoisotopic (exact) mass is 261 g/mol. The number of aromatic nitrogens is 1. The van der Waals surface area contributed by atoms with Crippen molar-refractivity contribution in [3.63, 3.8) is 0 Å². The maximum atomic E-state index is 12.7. The van der Waals surface area contributed by atoms with Crippen molar-refractivity contribution >= 4 is 5.91 Å². The predicted molar refractivity (Wildman–Crippen MR) is 66.5 cm³/mol. The number of hydrogen-bond acceptors (Lipinski definition) is 2. The highest BCUT2D eigenvalue weighted by Gasteiger charge is 2.09. The number of carbonyl (C=O) groups excluding carboxylic acids is 1. The summed E-state index contributed by atoms with van der Waals surface area (Å²) in [5.74, 6) is -0.376. The average Bonchev–Trinajstić information content (AvgIpc) is 2.38. The van der Waals surface area contributed by atoms with Gasteiger partial charge in [-0.3, -0.25) is 4.79 Å². The normalized spacial score (nSPS) is 10.2. The van der Waals surface area contributed by atoms with Crippen LogP contribution in [-0.2, 0) is 17.9 Å². The summed E-state index contributed by atoms with van der Waals surface area (Å²) in [5, 5.41) is 12.0. The molecule has 2 rings (SSSR count). The van der Waals surface area contributed by atoms with Gasteiger partial charge in [-0.2, -0.15) is 4.57 Å². The van der Waals surface area contributed by atoms with Crippen molar-refractivity contribution in [2.75, 3.05) is 0 Å². The average molecular weight is 261 g/mol. The second-order valence-corrected chi connectivity index (χ2v) is 4.14. The molecule has 0 aliphatic heterocycles. The summed E-state index contributed by atoms with van der Waals surface area (Å²) in [6.07, 6.45) is 3.16. The maximum Gasteiger partial charge on any atom is 0.286 e. The lowest BCUT2D eigenvalue weighted by atomic mass is 10.2. The fraction of sp³-hybridized carbons (Fsp3) is 0.143. The van der Waals surface area contributed by atoms with Gasteiger partial charge in [0.15, 0.2) is 11.9 Å². The first-order chi connectivity index (χ1) is 9.13. The Kier molecular flexibility index (Phi) is 4.07. The molecule has 1 amide bonds. The van der Waals surface area contributed by atoms with Gasteiger partial charge >= 0.3 is 0 Å². The molecule has 1 heterocycles. The molecule has 0 radical (unpaired) electrons. The van der Waals surface area contributed by atoms with Gasteiger partial charge in [0.2, 0.25) is 12.7 Å². The second-order valence-electron chi connectivity index (χ2n) is 4.14. The van der Waals surface area contributed by atoms with Crippen LogP contribution in [-0.4, -0.2) is 11.0 Å². The lowest BCUT2D eigenvalue weighted by Gasteiger charge is -2.03. The molecule has 2 aromatic rings. The number of carbonyl (C=O) groups is 1. The summed E-state index contributed by atoms with van der Waals surface area (Å²) in [4.78, 5) is 11.7. The number of aromatic hydroxyl groups is 1. The number of nitrogens with zero attached hydrogens (tertiary/aromatic N) is 1. The number of benzene rings is 1. The van der Waals surface area contributed by atoms with E-state index in [1.54, 1.807) is 29.0 Å². The Morgan fingerprint density at radius 1 is 1.26 bits per heavy atom. The molecule has 0 aliphatic carbocycles. The zero-order valence-electron chi connectivity index (χ0n) is 10.2. The van der Waals surface area contributed by atoms with Gasteiger partial charge in [0.25, 0.3) is 5.91 Å². The van der Waals surface area contributed by atoms with Crippen LogP contribution in [0.1, 0.15) is 5.56 Å². The third kappa shape index (κ3) is 4.06. The minimum Gasteiger partial charge on any atom is -0.503 e. The van der Waals surface area contributed by atoms with E-state index in [2.05, 4.69) is 5.32 Å². The highest BCUT2D eigenvalue weighted by molar-refractivity contribution is 5.74. The Hall–Kier alpha value is -2.43. The molecule has 0 spiro atoms. The molecule has 5 heteroatoms. The quantitative estimate of drug-likeness (QED) is 0.811. The van der Waals surface area contributed by atoms with E-state index >= 15 is 0 Å². The fourth-order valence-corrected chi connectivity index (χ4v) is 1.63. The van der Waals surface area contributed by atoms with Crippen LogP contribution in [0.5, 0.6) is 5.75 Å². The van der Waals surface area contributed by atoms with Crippen LogP contribution in [0.4, 0.5) is 4.39 Å². The van der Waals surface area contributed by atoms with Crippen LogP contribution in [0, 0.1) is 5.82 Å². The molecule has 98 valence electrons. The van der Waals surface area contributed by atoms with Crippen LogP contribution >= 0.6 is 0 Å². The first-order valence-electron chi connectivity index (χ1n) is 5.83. The molecule has 0 fully saturated rings. The predicted octanol–water partition coefficient (Wildman–Crippen LogP) is 1.14. The zero-order chi connectivity index (χ0) is 13.7. The maximum absolute atomic E-state index is 12.7. The third-order valence-electron chi connectivity index (χ3n) is 2.57. The summed E-state index contributed by atoms with van der Waals surface area (Å²) in [6, 6.07) is 9.14. The van der Waals surface area contributed by atoms with Gasteiger partial charge in [0, 0.05) is 12.6 Å². The van der Waals surface area contributed by atoms with E-state index in [1.807, 2.05) is 0 Å². The highest BCUT2D eigenvalue weighted by atomic mass is 19.1. The largest absolute Gasteiger partial charge is 0.503 e. The highest BCUT2D eigenvalue weighted by Crippen LogP contribution is 2.02. The molecule has 0 saturated carbocycles. The van der Waals surface area contributed by atoms with Crippen molar-refractivity contribution < 1.29 is 18.9 Å². The minimum atomic E-state index is -0.301. The van der Waals surface area contributed by atoms with Crippen molar-refractivity contribution in [3.05, 3.63) is 60.2 Å². The minimum absolute atomic E-state index is 0.105. The topological polar surface area (TPSA) is 53.2 Å². The van der Waals surface area contributed by atoms with Gasteiger partial charge in [-0.1, -0.05) is 12.1 Å². The van der Waals surface area contributed by atoms with Gasteiger partial charge in [0.1, 0.15) is 5.82 Å². The van der Waals surface area contributed by atoms with Crippen LogP contribution in [0.15, 0.2) is 48.8 Å². The molecule has 2 N–H and O–H groups in total. The standard InChI is InChI=1S/C14H13FN2O2/c15-12-5-3-11(4-6-12)8-16-14(19)10-17-7-1-2-13(18)9-17/h1-7,9H,8,10H2,(H-,16,18,19)/p+1. The van der Waals surface area contributed by atoms with Gasteiger partial charge in [-0.15, -0.1) is 0 Å². The van der Waals surface area contributed by atoms with Crippen LogP contribution < -0.4 is 9.88 Å². The van der Waals surface area contributed by atoms with E-state index in [-0.39, 0.29) is 24.0 Å². The molecular formula is C14H14FN2O2+. The Balaban J connectivity index is 1.86. The molecule has 0 unspecified atom stereocenters. The van der Waals surface area contributed by atoms with Crippen molar-refractivity contribution in [2.24, 2.45) is 0 Å². The van der Waals surface area contributed by atoms with E-state index < -0.39 is 0 Å². The Morgan fingerprint density at radius 3 is 2.68 bits per heavy atom. The summed E-state index contributed by atoms with van der Waals surface area (Å²) in [6.45, 7) is 0.466. The molecule has 0 bridgehead atoms. The van der Waals surface area contributed by atoms with Crippen molar-refractivity contribution in [3.8, 4) is 5.75 Å². The van der Waals surface area contributed by atoms with Crippen LogP contribution in [0.25, 0.3) is 0 Å². The summed E-state index contributed by atoms with van der Waals surface area (Å²) < 4.78 is 14.3. The Labute approximate surface area is 110 Å². The summed E-state index contributed by atoms with van der Waals surface area (Å²) in [7, 11) is 0. The van der Waals surface area contributed by atoms with E-state index in [1.165, 1.54) is 24.4 Å². The Morgan fingerprint density at radius 2 is 2.00 bits per heavy atom. The molecule has 0 aliphatic rings. The first-order valence-corrected chi connectivity index (χ1v) is 5.83. The number of pyridine rings is 1. The van der Waals surface area contributed by atoms with Gasteiger partial charge in [-0.25, -0.2) is 4.39 Å². The van der Waals surface area contributed by atoms with Gasteiger partial charge in [-0.05, 0) is 23.8 Å². The van der Waals surface area contributed by atoms with Gasteiger partial charge in [0.05, 0.1) is 0 Å². The number of halogens is 1. The summed E-state index contributed by atoms with van der Waals surface area (Å²) >= 11 is 0. The molecule has 1 aromatic heterocycles. The molecule has 1 aromatic carbocycles. The number of nitrogens with one attached hydrogen (secondary N) is 1. The third-order valence-corrected chi connectivity index (χ3v) is 2.57.